The summed E-state index contributed by atoms with van der Waals surface area (Å²) in [4.78, 5) is 44.4. The number of aromatic nitrogens is 1. The summed E-state index contributed by atoms with van der Waals surface area (Å²) in [6.07, 6.45) is 6.75. The second-order valence-corrected chi connectivity index (χ2v) is 8.39. The molecule has 3 amide bonds. The highest BCUT2D eigenvalue weighted by molar-refractivity contribution is 6.23. The van der Waals surface area contributed by atoms with E-state index in [0.717, 1.165) is 17.3 Å². The second kappa shape index (κ2) is 6.60. The first kappa shape index (κ1) is 18.0. The van der Waals surface area contributed by atoms with E-state index in [-0.39, 0.29) is 41.4 Å². The Morgan fingerprint density at radius 2 is 1.58 bits per heavy atom. The second-order valence-electron chi connectivity index (χ2n) is 8.39. The van der Waals surface area contributed by atoms with Gasteiger partial charge in [0.25, 0.3) is 5.91 Å². The van der Waals surface area contributed by atoms with E-state index in [1.165, 1.54) is 4.90 Å². The van der Waals surface area contributed by atoms with Crippen molar-refractivity contribution in [3.8, 4) is 0 Å². The van der Waals surface area contributed by atoms with Crippen LogP contribution in [0.2, 0.25) is 0 Å². The highest BCUT2D eigenvalue weighted by Gasteiger charge is 2.59. The number of pyridine rings is 1. The number of fused-ring (bicyclic) bond motifs is 6. The van der Waals surface area contributed by atoms with Gasteiger partial charge in [-0.05, 0) is 54.7 Å². The molecule has 6 heteroatoms. The lowest BCUT2D eigenvalue weighted by molar-refractivity contribution is -0.123. The summed E-state index contributed by atoms with van der Waals surface area (Å²) in [5, 5.41) is 3.84. The monoisotopic (exact) mass is 409 g/mol. The molecule has 2 bridgehead atoms. The SMILES string of the molecule is O=C(Nc1cccc2cccnc12)c1ccc(N2C(=O)[C@H]3[C@@H]4C=CC(C4)[C@H]3C2=O)cc1. The third kappa shape index (κ3) is 2.64. The highest BCUT2D eigenvalue weighted by atomic mass is 16.2. The van der Waals surface area contributed by atoms with Crippen LogP contribution in [0.4, 0.5) is 11.4 Å². The van der Waals surface area contributed by atoms with Crippen molar-refractivity contribution >= 4 is 40.0 Å². The average molecular weight is 409 g/mol. The Balaban J connectivity index is 1.24. The van der Waals surface area contributed by atoms with Gasteiger partial charge < -0.3 is 5.32 Å². The first-order valence-electron chi connectivity index (χ1n) is 10.4. The third-order valence-electron chi connectivity index (χ3n) is 6.74. The number of amides is 3. The molecule has 1 N–H and O–H groups in total. The summed E-state index contributed by atoms with van der Waals surface area (Å²) >= 11 is 0. The van der Waals surface area contributed by atoms with Gasteiger partial charge in [0.2, 0.25) is 11.8 Å². The molecule has 3 aliphatic rings. The van der Waals surface area contributed by atoms with Gasteiger partial charge in [-0.2, -0.15) is 0 Å². The Morgan fingerprint density at radius 1 is 0.903 bits per heavy atom. The van der Waals surface area contributed by atoms with Crippen molar-refractivity contribution in [3.05, 3.63) is 78.5 Å². The minimum absolute atomic E-state index is 0.120. The zero-order valence-corrected chi connectivity index (χ0v) is 16.6. The molecule has 2 aromatic carbocycles. The van der Waals surface area contributed by atoms with E-state index in [9.17, 15) is 14.4 Å². The van der Waals surface area contributed by atoms with Gasteiger partial charge in [-0.1, -0.05) is 30.4 Å². The molecule has 2 heterocycles. The summed E-state index contributed by atoms with van der Waals surface area (Å²) in [7, 11) is 0. The molecule has 2 fully saturated rings. The minimum Gasteiger partial charge on any atom is -0.320 e. The number of rotatable bonds is 3. The zero-order valence-electron chi connectivity index (χ0n) is 16.6. The number of allylic oxidation sites excluding steroid dienone is 2. The van der Waals surface area contributed by atoms with Crippen LogP contribution in [0.3, 0.4) is 0 Å². The largest absolute Gasteiger partial charge is 0.320 e. The van der Waals surface area contributed by atoms with Crippen molar-refractivity contribution in [2.24, 2.45) is 23.7 Å². The standard InChI is InChI=1S/C25H19N3O3/c29-23(27-19-5-1-3-14-4-2-12-26-22(14)19)15-8-10-18(11-9-15)28-24(30)20-16-6-7-17(13-16)21(20)25(28)31/h1-12,16-17,20-21H,13H2,(H,27,29)/t16-,17?,20+,21-/m1/s1. The fourth-order valence-electron chi connectivity index (χ4n) is 5.32. The summed E-state index contributed by atoms with van der Waals surface area (Å²) in [6.45, 7) is 0. The number of hydrogen-bond acceptors (Lipinski definition) is 4. The Kier molecular flexibility index (Phi) is 3.84. The molecular weight excluding hydrogens is 390 g/mol. The predicted octanol–water partition coefficient (Wildman–Crippen LogP) is 3.80. The Hall–Kier alpha value is -3.80. The number of carbonyl (C=O) groups excluding carboxylic acids is 3. The summed E-state index contributed by atoms with van der Waals surface area (Å²) in [5.74, 6) is -0.625. The number of nitrogens with zero attached hydrogens (tertiary/aromatic N) is 2. The maximum atomic E-state index is 13.0. The lowest BCUT2D eigenvalue weighted by Crippen LogP contribution is -2.32. The van der Waals surface area contributed by atoms with Gasteiger partial charge in [0.05, 0.1) is 28.7 Å². The molecular formula is C25H19N3O3. The zero-order chi connectivity index (χ0) is 21.1. The molecule has 152 valence electrons. The molecule has 6 rings (SSSR count). The summed E-state index contributed by atoms with van der Waals surface area (Å²) in [5.41, 5.74) is 2.32. The quantitative estimate of drug-likeness (QED) is 0.527. The molecule has 4 atom stereocenters. The molecule has 31 heavy (non-hydrogen) atoms. The van der Waals surface area contributed by atoms with Gasteiger partial charge in [-0.3, -0.25) is 24.3 Å². The molecule has 6 nitrogen and oxygen atoms in total. The number of hydrogen-bond donors (Lipinski definition) is 1. The first-order chi connectivity index (χ1) is 15.1. The van der Waals surface area contributed by atoms with Crippen molar-refractivity contribution in [2.45, 2.75) is 6.42 Å². The van der Waals surface area contributed by atoms with E-state index in [0.29, 0.717) is 16.9 Å². The topological polar surface area (TPSA) is 79.4 Å². The van der Waals surface area contributed by atoms with Crippen LogP contribution in [0.15, 0.2) is 72.9 Å². The Bertz CT molecular complexity index is 1250. The fraction of sp³-hybridized carbons (Fsp3) is 0.200. The van der Waals surface area contributed by atoms with E-state index >= 15 is 0 Å². The van der Waals surface area contributed by atoms with Crippen LogP contribution >= 0.6 is 0 Å². The molecule has 1 saturated heterocycles. The predicted molar refractivity (Wildman–Crippen MR) is 116 cm³/mol. The number of carbonyl (C=O) groups is 3. The maximum absolute atomic E-state index is 13.0. The number of imide groups is 1. The van der Waals surface area contributed by atoms with E-state index < -0.39 is 0 Å². The van der Waals surface area contributed by atoms with Crippen molar-refractivity contribution in [2.75, 3.05) is 10.2 Å². The minimum atomic E-state index is -0.275. The molecule has 1 aliphatic heterocycles. The van der Waals surface area contributed by atoms with Gasteiger partial charge in [0, 0.05) is 17.1 Å². The van der Waals surface area contributed by atoms with Crippen molar-refractivity contribution in [1.29, 1.82) is 0 Å². The van der Waals surface area contributed by atoms with Gasteiger partial charge in [0.15, 0.2) is 0 Å². The van der Waals surface area contributed by atoms with Crippen LogP contribution in [0.25, 0.3) is 10.9 Å². The fourth-order valence-corrected chi connectivity index (χ4v) is 5.32. The molecule has 3 aromatic rings. The molecule has 1 aromatic heterocycles. The van der Waals surface area contributed by atoms with Crippen LogP contribution in [0, 0.1) is 23.7 Å². The third-order valence-corrected chi connectivity index (χ3v) is 6.74. The molecule has 2 aliphatic carbocycles. The van der Waals surface area contributed by atoms with E-state index in [2.05, 4.69) is 22.5 Å². The molecule has 0 spiro atoms. The van der Waals surface area contributed by atoms with Crippen LogP contribution in [-0.2, 0) is 9.59 Å². The Labute approximate surface area is 178 Å². The number of para-hydroxylation sites is 1. The van der Waals surface area contributed by atoms with Crippen molar-refractivity contribution < 1.29 is 14.4 Å². The maximum Gasteiger partial charge on any atom is 0.255 e. The van der Waals surface area contributed by atoms with E-state index in [1.807, 2.05) is 30.3 Å². The number of nitrogens with one attached hydrogen (secondary N) is 1. The number of benzene rings is 2. The average Bonchev–Trinajstić information content (AvgIpc) is 3.48. The lowest BCUT2D eigenvalue weighted by atomic mass is 9.85. The van der Waals surface area contributed by atoms with Gasteiger partial charge in [-0.15, -0.1) is 0 Å². The number of anilines is 2. The molecule has 1 unspecified atom stereocenters. The summed E-state index contributed by atoms with van der Waals surface area (Å²) in [6, 6.07) is 16.0. The van der Waals surface area contributed by atoms with Crippen LogP contribution in [0.5, 0.6) is 0 Å². The summed E-state index contributed by atoms with van der Waals surface area (Å²) < 4.78 is 0. The first-order valence-corrected chi connectivity index (χ1v) is 10.4. The van der Waals surface area contributed by atoms with Crippen LogP contribution in [0.1, 0.15) is 16.8 Å². The van der Waals surface area contributed by atoms with Gasteiger partial charge in [-0.25, -0.2) is 0 Å². The van der Waals surface area contributed by atoms with E-state index in [4.69, 9.17) is 0 Å². The van der Waals surface area contributed by atoms with Crippen LogP contribution in [-0.4, -0.2) is 22.7 Å². The Morgan fingerprint density at radius 3 is 2.29 bits per heavy atom. The van der Waals surface area contributed by atoms with Gasteiger partial charge in [0.1, 0.15) is 0 Å². The van der Waals surface area contributed by atoms with Gasteiger partial charge >= 0.3 is 0 Å². The normalized spacial score (nSPS) is 26.0. The molecule has 0 radical (unpaired) electrons. The smallest absolute Gasteiger partial charge is 0.255 e. The highest BCUT2D eigenvalue weighted by Crippen LogP contribution is 2.53. The van der Waals surface area contributed by atoms with Crippen LogP contribution < -0.4 is 10.2 Å². The van der Waals surface area contributed by atoms with Crippen molar-refractivity contribution in [1.82, 2.24) is 4.98 Å². The molecule has 1 saturated carbocycles. The van der Waals surface area contributed by atoms with E-state index in [1.54, 1.807) is 30.5 Å². The van der Waals surface area contributed by atoms with Crippen molar-refractivity contribution in [3.63, 3.8) is 0 Å². The lowest BCUT2D eigenvalue weighted by Gasteiger charge is -2.17.